The minimum atomic E-state index is -3.96. The smallest absolute Gasteiger partial charge is 0.264 e. The van der Waals surface area contributed by atoms with Gasteiger partial charge in [0.1, 0.15) is 0 Å². The summed E-state index contributed by atoms with van der Waals surface area (Å²) in [5.41, 5.74) is 2.18. The van der Waals surface area contributed by atoms with Crippen molar-refractivity contribution in [3.8, 4) is 0 Å². The molecule has 2 atom stereocenters. The van der Waals surface area contributed by atoms with Gasteiger partial charge in [-0.15, -0.1) is 0 Å². The van der Waals surface area contributed by atoms with E-state index in [2.05, 4.69) is 5.32 Å². The standard InChI is InChI=1S/C26H38N4O4S2/c1-6-21-7-9-23(10-8-21)30(17-19(2)3)36(33,34)24-11-12-25(26(15-24)35(5,27)32)28-16-22-13-14-29(18-22)20(4)31/h7-12,15,19,22,27-28H,6,13-14,16-18H2,1-5H3. The van der Waals surface area contributed by atoms with Gasteiger partial charge in [-0.2, -0.15) is 0 Å². The fraction of sp³-hybridized carbons (Fsp3) is 0.500. The van der Waals surface area contributed by atoms with E-state index in [4.69, 9.17) is 4.78 Å². The Bertz CT molecular complexity index is 1290. The fourth-order valence-electron chi connectivity index (χ4n) is 4.37. The van der Waals surface area contributed by atoms with E-state index in [0.717, 1.165) is 18.4 Å². The number of benzene rings is 2. The first-order valence-corrected chi connectivity index (χ1v) is 15.7. The SMILES string of the molecule is CCc1ccc(N(CC(C)C)S(=O)(=O)c2ccc(NCC3CCN(C(C)=O)C3)c(S(C)(=N)=O)c2)cc1. The molecule has 0 aliphatic carbocycles. The Morgan fingerprint density at radius 2 is 1.83 bits per heavy atom. The van der Waals surface area contributed by atoms with Gasteiger partial charge in [-0.25, -0.2) is 17.4 Å². The van der Waals surface area contributed by atoms with E-state index >= 15 is 0 Å². The molecule has 1 amide bonds. The number of aryl methyl sites for hydroxylation is 1. The highest BCUT2D eigenvalue weighted by atomic mass is 32.2. The average molecular weight is 535 g/mol. The lowest BCUT2D eigenvalue weighted by Crippen LogP contribution is -2.34. The Balaban J connectivity index is 1.93. The van der Waals surface area contributed by atoms with Crippen LogP contribution in [0.3, 0.4) is 0 Å². The molecule has 1 fully saturated rings. The van der Waals surface area contributed by atoms with E-state index in [0.29, 0.717) is 37.6 Å². The molecule has 0 bridgehead atoms. The minimum absolute atomic E-state index is 0.00807. The number of carbonyl (C=O) groups is 1. The van der Waals surface area contributed by atoms with Gasteiger partial charge in [0, 0.05) is 39.4 Å². The third kappa shape index (κ3) is 6.59. The summed E-state index contributed by atoms with van der Waals surface area (Å²) >= 11 is 0. The Kier molecular flexibility index (Phi) is 8.71. The third-order valence-electron chi connectivity index (χ3n) is 6.44. The van der Waals surface area contributed by atoms with Crippen molar-refractivity contribution in [1.82, 2.24) is 4.90 Å². The topological polar surface area (TPSA) is 111 Å². The predicted molar refractivity (Wildman–Crippen MR) is 146 cm³/mol. The van der Waals surface area contributed by atoms with Crippen LogP contribution < -0.4 is 9.62 Å². The normalized spacial score (nSPS) is 17.7. The molecule has 198 valence electrons. The summed E-state index contributed by atoms with van der Waals surface area (Å²) in [6, 6.07) is 12.0. The largest absolute Gasteiger partial charge is 0.384 e. The van der Waals surface area contributed by atoms with Gasteiger partial charge in [-0.05, 0) is 60.6 Å². The van der Waals surface area contributed by atoms with Crippen molar-refractivity contribution in [3.63, 3.8) is 0 Å². The maximum Gasteiger partial charge on any atom is 0.264 e. The predicted octanol–water partition coefficient (Wildman–Crippen LogP) is 4.42. The van der Waals surface area contributed by atoms with Crippen molar-refractivity contribution in [3.05, 3.63) is 48.0 Å². The zero-order chi connectivity index (χ0) is 26.7. The summed E-state index contributed by atoms with van der Waals surface area (Å²) in [4.78, 5) is 13.6. The van der Waals surface area contributed by atoms with Crippen LogP contribution in [-0.4, -0.2) is 55.9 Å². The van der Waals surface area contributed by atoms with Crippen molar-refractivity contribution in [2.45, 2.75) is 50.3 Å². The highest BCUT2D eigenvalue weighted by Gasteiger charge is 2.28. The van der Waals surface area contributed by atoms with Crippen LogP contribution in [0.15, 0.2) is 52.3 Å². The summed E-state index contributed by atoms with van der Waals surface area (Å²) in [7, 11) is -7.18. The zero-order valence-electron chi connectivity index (χ0n) is 21.8. The monoisotopic (exact) mass is 534 g/mol. The number of nitrogens with one attached hydrogen (secondary N) is 2. The van der Waals surface area contributed by atoms with Crippen LogP contribution in [0.4, 0.5) is 11.4 Å². The van der Waals surface area contributed by atoms with Crippen LogP contribution in [0, 0.1) is 16.6 Å². The van der Waals surface area contributed by atoms with E-state index < -0.39 is 19.8 Å². The molecule has 10 heteroatoms. The molecule has 3 rings (SSSR count). The van der Waals surface area contributed by atoms with Gasteiger partial charge >= 0.3 is 0 Å². The van der Waals surface area contributed by atoms with Crippen molar-refractivity contribution in [2.75, 3.05) is 42.1 Å². The Hall–Kier alpha value is -2.59. The molecule has 2 unspecified atom stereocenters. The molecule has 2 N–H and O–H groups in total. The van der Waals surface area contributed by atoms with E-state index in [9.17, 15) is 17.4 Å². The van der Waals surface area contributed by atoms with E-state index in [1.54, 1.807) is 17.9 Å². The molecule has 0 radical (unpaired) electrons. The molecule has 1 aliphatic rings. The number of nitrogens with zero attached hydrogens (tertiary/aromatic N) is 2. The van der Waals surface area contributed by atoms with Crippen LogP contribution in [0.5, 0.6) is 0 Å². The lowest BCUT2D eigenvalue weighted by atomic mass is 10.1. The molecule has 8 nitrogen and oxygen atoms in total. The van der Waals surface area contributed by atoms with Crippen LogP contribution in [0.2, 0.25) is 0 Å². The summed E-state index contributed by atoms with van der Waals surface area (Å²) in [6.07, 6.45) is 3.01. The van der Waals surface area contributed by atoms with Crippen LogP contribution in [0.25, 0.3) is 0 Å². The minimum Gasteiger partial charge on any atom is -0.384 e. The second-order valence-corrected chi connectivity index (χ2v) is 13.9. The van der Waals surface area contributed by atoms with Gasteiger partial charge in [0.25, 0.3) is 10.0 Å². The van der Waals surface area contributed by atoms with Crippen molar-refractivity contribution in [1.29, 1.82) is 4.78 Å². The average Bonchev–Trinajstić information content (AvgIpc) is 3.30. The molecule has 1 heterocycles. The van der Waals surface area contributed by atoms with Gasteiger partial charge in [0.05, 0.1) is 30.9 Å². The lowest BCUT2D eigenvalue weighted by molar-refractivity contribution is -0.127. The van der Waals surface area contributed by atoms with Crippen LogP contribution in [0.1, 0.15) is 39.7 Å². The summed E-state index contributed by atoms with van der Waals surface area (Å²) in [5, 5.41) is 3.26. The molecule has 2 aromatic rings. The van der Waals surface area contributed by atoms with Crippen LogP contribution in [-0.2, 0) is 31.0 Å². The summed E-state index contributed by atoms with van der Waals surface area (Å²) in [5.74, 6) is 0.362. The number of rotatable bonds is 10. The number of likely N-dealkylation sites (tertiary alicyclic amines) is 1. The maximum absolute atomic E-state index is 13.8. The highest BCUT2D eigenvalue weighted by molar-refractivity contribution is 7.93. The Morgan fingerprint density at radius 3 is 2.36 bits per heavy atom. The second-order valence-electron chi connectivity index (χ2n) is 9.95. The van der Waals surface area contributed by atoms with E-state index in [1.165, 1.54) is 22.7 Å². The maximum atomic E-state index is 13.8. The molecule has 0 saturated carbocycles. The first-order chi connectivity index (χ1) is 16.8. The Morgan fingerprint density at radius 1 is 1.17 bits per heavy atom. The zero-order valence-corrected chi connectivity index (χ0v) is 23.4. The van der Waals surface area contributed by atoms with E-state index in [-0.39, 0.29) is 27.5 Å². The quantitative estimate of drug-likeness (QED) is 0.469. The number of amides is 1. The summed E-state index contributed by atoms with van der Waals surface area (Å²) < 4.78 is 50.1. The molecule has 1 aliphatic heterocycles. The molecular formula is C26H38N4O4S2. The van der Waals surface area contributed by atoms with Crippen molar-refractivity contribution in [2.24, 2.45) is 11.8 Å². The molecule has 0 aromatic heterocycles. The molecule has 2 aromatic carbocycles. The van der Waals surface area contributed by atoms with Gasteiger partial charge < -0.3 is 10.2 Å². The summed E-state index contributed by atoms with van der Waals surface area (Å²) in [6.45, 7) is 9.71. The lowest BCUT2D eigenvalue weighted by Gasteiger charge is -2.27. The van der Waals surface area contributed by atoms with E-state index in [1.807, 2.05) is 45.0 Å². The van der Waals surface area contributed by atoms with Gasteiger partial charge in [-0.3, -0.25) is 9.10 Å². The number of hydrogen-bond donors (Lipinski definition) is 2. The van der Waals surface area contributed by atoms with Gasteiger partial charge in [0.2, 0.25) is 5.91 Å². The third-order valence-corrected chi connectivity index (χ3v) is 9.40. The fourth-order valence-corrected chi connectivity index (χ4v) is 7.01. The number of hydrogen-bond acceptors (Lipinski definition) is 6. The molecule has 0 spiro atoms. The highest BCUT2D eigenvalue weighted by Crippen LogP contribution is 2.31. The molecule has 1 saturated heterocycles. The second kappa shape index (κ2) is 11.2. The first kappa shape index (κ1) is 28.0. The first-order valence-electron chi connectivity index (χ1n) is 12.3. The molecular weight excluding hydrogens is 496 g/mol. The van der Waals surface area contributed by atoms with Crippen LogP contribution >= 0.6 is 0 Å². The van der Waals surface area contributed by atoms with Gasteiger partial charge in [-0.1, -0.05) is 32.9 Å². The number of carbonyl (C=O) groups excluding carboxylic acids is 1. The van der Waals surface area contributed by atoms with Gasteiger partial charge in [0.15, 0.2) is 0 Å². The molecule has 36 heavy (non-hydrogen) atoms. The number of anilines is 2. The van der Waals surface area contributed by atoms with Crippen molar-refractivity contribution >= 4 is 37.0 Å². The van der Waals surface area contributed by atoms with Crippen molar-refractivity contribution < 1.29 is 17.4 Å². The number of sulfonamides is 1. The Labute approximate surface area is 216 Å².